The van der Waals surface area contributed by atoms with E-state index in [0.717, 1.165) is 17.7 Å². The molecular weight excluding hydrogens is 232 g/mol. The molecule has 2 unspecified atom stereocenters. The first-order chi connectivity index (χ1) is 7.22. The topological polar surface area (TPSA) is 26.3 Å². The highest BCUT2D eigenvalue weighted by Crippen LogP contribution is 2.30. The summed E-state index contributed by atoms with van der Waals surface area (Å²) in [5.41, 5.74) is 0. The molecule has 82 valence electrons. The van der Waals surface area contributed by atoms with Crippen LogP contribution in [0.25, 0.3) is 0 Å². The summed E-state index contributed by atoms with van der Waals surface area (Å²) in [7, 11) is 0. The summed E-state index contributed by atoms with van der Waals surface area (Å²) < 4.78 is 6.19. The molecule has 2 nitrogen and oxygen atoms in total. The summed E-state index contributed by atoms with van der Waals surface area (Å²) in [5.74, 6) is 0.223. The molecule has 1 aromatic heterocycles. The van der Waals surface area contributed by atoms with Gasteiger partial charge in [0.1, 0.15) is 0 Å². The van der Waals surface area contributed by atoms with Crippen molar-refractivity contribution in [3.05, 3.63) is 21.3 Å². The van der Waals surface area contributed by atoms with E-state index in [9.17, 15) is 4.79 Å². The van der Waals surface area contributed by atoms with E-state index in [4.69, 9.17) is 16.3 Å². The smallest absolute Gasteiger partial charge is 0.178 e. The fourth-order valence-corrected chi connectivity index (χ4v) is 3.03. The van der Waals surface area contributed by atoms with Gasteiger partial charge in [0.25, 0.3) is 0 Å². The molecule has 0 radical (unpaired) electrons. The second-order valence-electron chi connectivity index (χ2n) is 3.68. The van der Waals surface area contributed by atoms with Crippen LogP contribution in [0.3, 0.4) is 0 Å². The van der Waals surface area contributed by atoms with Crippen molar-refractivity contribution in [2.24, 2.45) is 5.92 Å². The lowest BCUT2D eigenvalue weighted by Gasteiger charge is -2.14. The first kappa shape index (κ1) is 11.1. The van der Waals surface area contributed by atoms with E-state index in [2.05, 4.69) is 6.92 Å². The zero-order valence-electron chi connectivity index (χ0n) is 8.53. The molecule has 0 aliphatic carbocycles. The Morgan fingerprint density at radius 1 is 1.67 bits per heavy atom. The Morgan fingerprint density at radius 2 is 2.47 bits per heavy atom. The summed E-state index contributed by atoms with van der Waals surface area (Å²) in [5, 5.41) is 0. The third-order valence-corrected chi connectivity index (χ3v) is 4.01. The van der Waals surface area contributed by atoms with Gasteiger partial charge in [-0.1, -0.05) is 18.5 Å². The molecule has 2 atom stereocenters. The van der Waals surface area contributed by atoms with E-state index >= 15 is 0 Å². The minimum atomic E-state index is 0.0321. The van der Waals surface area contributed by atoms with Crippen molar-refractivity contribution >= 4 is 28.7 Å². The van der Waals surface area contributed by atoms with Crippen LogP contribution in [-0.4, -0.2) is 18.5 Å². The van der Waals surface area contributed by atoms with Gasteiger partial charge in [-0.15, -0.1) is 11.3 Å². The lowest BCUT2D eigenvalue weighted by Crippen LogP contribution is -2.23. The largest absolute Gasteiger partial charge is 0.377 e. The quantitative estimate of drug-likeness (QED) is 0.762. The zero-order valence-corrected chi connectivity index (χ0v) is 10.1. The maximum Gasteiger partial charge on any atom is 0.178 e. The summed E-state index contributed by atoms with van der Waals surface area (Å²) in [6, 6.07) is 3.58. The highest BCUT2D eigenvalue weighted by atomic mass is 35.5. The second-order valence-corrected chi connectivity index (χ2v) is 5.40. The molecule has 0 amide bonds. The van der Waals surface area contributed by atoms with E-state index in [1.54, 1.807) is 12.1 Å². The van der Waals surface area contributed by atoms with Gasteiger partial charge in [0.05, 0.1) is 21.2 Å². The van der Waals surface area contributed by atoms with Gasteiger partial charge in [-0.3, -0.25) is 4.79 Å². The van der Waals surface area contributed by atoms with Crippen molar-refractivity contribution < 1.29 is 9.53 Å². The van der Waals surface area contributed by atoms with E-state index in [-0.39, 0.29) is 17.8 Å². The van der Waals surface area contributed by atoms with Gasteiger partial charge in [0.15, 0.2) is 5.78 Å². The minimum Gasteiger partial charge on any atom is -0.377 e. The highest BCUT2D eigenvalue weighted by molar-refractivity contribution is 7.18. The number of hydrogen-bond acceptors (Lipinski definition) is 3. The van der Waals surface area contributed by atoms with Crippen molar-refractivity contribution in [3.8, 4) is 0 Å². The fraction of sp³-hybridized carbons (Fsp3) is 0.545. The monoisotopic (exact) mass is 244 g/mol. The summed E-state index contributed by atoms with van der Waals surface area (Å²) in [6.45, 7) is 2.76. The lowest BCUT2D eigenvalue weighted by molar-refractivity contribution is 0.0692. The van der Waals surface area contributed by atoms with Gasteiger partial charge in [0.2, 0.25) is 0 Å². The molecule has 1 aliphatic heterocycles. The van der Waals surface area contributed by atoms with Crippen molar-refractivity contribution in [1.82, 2.24) is 0 Å². The molecule has 2 heterocycles. The Morgan fingerprint density at radius 3 is 3.07 bits per heavy atom. The molecule has 1 saturated heterocycles. The van der Waals surface area contributed by atoms with Crippen LogP contribution >= 0.6 is 22.9 Å². The SMILES string of the molecule is CCC1OCCC1C(=O)c1ccc(Cl)s1. The summed E-state index contributed by atoms with van der Waals surface area (Å²) >= 11 is 7.17. The maximum absolute atomic E-state index is 12.1. The molecule has 15 heavy (non-hydrogen) atoms. The average Bonchev–Trinajstić information content (AvgIpc) is 2.84. The molecule has 0 spiro atoms. The molecule has 1 aromatic rings. The third-order valence-electron chi connectivity index (χ3n) is 2.76. The van der Waals surface area contributed by atoms with Gasteiger partial charge in [-0.2, -0.15) is 0 Å². The number of rotatable bonds is 3. The number of halogens is 1. The van der Waals surface area contributed by atoms with E-state index in [1.165, 1.54) is 11.3 Å². The van der Waals surface area contributed by atoms with Crippen LogP contribution in [0.15, 0.2) is 12.1 Å². The van der Waals surface area contributed by atoms with Crippen molar-refractivity contribution in [2.75, 3.05) is 6.61 Å². The molecule has 0 bridgehead atoms. The van der Waals surface area contributed by atoms with E-state index in [0.29, 0.717) is 10.9 Å². The minimum absolute atomic E-state index is 0.0321. The molecule has 0 saturated carbocycles. The Bertz CT molecular complexity index is 361. The normalized spacial score (nSPS) is 25.7. The standard InChI is InChI=1S/C11H13ClO2S/c1-2-8-7(5-6-14-8)11(13)9-3-4-10(12)15-9/h3-4,7-8H,2,5-6H2,1H3. The Kier molecular flexibility index (Phi) is 3.44. The molecule has 0 aromatic carbocycles. The van der Waals surface area contributed by atoms with Gasteiger partial charge in [-0.05, 0) is 25.0 Å². The maximum atomic E-state index is 12.1. The fourth-order valence-electron chi connectivity index (χ4n) is 1.98. The van der Waals surface area contributed by atoms with Crippen molar-refractivity contribution in [3.63, 3.8) is 0 Å². The predicted molar refractivity (Wildman–Crippen MR) is 61.8 cm³/mol. The Hall–Kier alpha value is -0.380. The van der Waals surface area contributed by atoms with Crippen LogP contribution in [0.2, 0.25) is 4.34 Å². The van der Waals surface area contributed by atoms with Gasteiger partial charge >= 0.3 is 0 Å². The second kappa shape index (κ2) is 4.64. The van der Waals surface area contributed by atoms with E-state index < -0.39 is 0 Å². The number of hydrogen-bond donors (Lipinski definition) is 0. The van der Waals surface area contributed by atoms with Crippen LogP contribution in [0.1, 0.15) is 29.4 Å². The van der Waals surface area contributed by atoms with Gasteiger partial charge in [-0.25, -0.2) is 0 Å². The number of carbonyl (C=O) groups excluding carboxylic acids is 1. The predicted octanol–water partition coefficient (Wildman–Crippen LogP) is 3.40. The highest BCUT2D eigenvalue weighted by Gasteiger charge is 2.33. The molecule has 2 rings (SSSR count). The number of ketones is 1. The Labute approximate surface area is 98.2 Å². The number of ether oxygens (including phenoxy) is 1. The number of Topliss-reactive ketones (excluding diaryl/α,β-unsaturated/α-hetero) is 1. The Balaban J connectivity index is 2.13. The van der Waals surface area contributed by atoms with Crippen LogP contribution in [0, 0.1) is 5.92 Å². The molecule has 1 fully saturated rings. The first-order valence-electron chi connectivity index (χ1n) is 5.13. The molecule has 1 aliphatic rings. The first-order valence-corrected chi connectivity index (χ1v) is 6.33. The summed E-state index contributed by atoms with van der Waals surface area (Å²) in [4.78, 5) is 12.9. The number of thiophene rings is 1. The molecule has 4 heteroatoms. The van der Waals surface area contributed by atoms with Gasteiger partial charge < -0.3 is 4.74 Å². The third kappa shape index (κ3) is 2.25. The van der Waals surface area contributed by atoms with Crippen molar-refractivity contribution in [2.45, 2.75) is 25.9 Å². The average molecular weight is 245 g/mol. The van der Waals surface area contributed by atoms with Crippen LogP contribution in [0.5, 0.6) is 0 Å². The van der Waals surface area contributed by atoms with Gasteiger partial charge in [0, 0.05) is 6.61 Å². The molecular formula is C11H13ClO2S. The lowest BCUT2D eigenvalue weighted by atomic mass is 9.94. The summed E-state index contributed by atoms with van der Waals surface area (Å²) in [6.07, 6.45) is 1.83. The number of carbonyl (C=O) groups is 1. The van der Waals surface area contributed by atoms with Crippen LogP contribution < -0.4 is 0 Å². The van der Waals surface area contributed by atoms with E-state index in [1.807, 2.05) is 0 Å². The zero-order chi connectivity index (χ0) is 10.8. The molecule has 0 N–H and O–H groups in total. The van der Waals surface area contributed by atoms with Crippen molar-refractivity contribution in [1.29, 1.82) is 0 Å². The van der Waals surface area contributed by atoms with Crippen LogP contribution in [-0.2, 0) is 4.74 Å². The van der Waals surface area contributed by atoms with Crippen LogP contribution in [0.4, 0.5) is 0 Å².